The molecule has 1 heterocycles. The quantitative estimate of drug-likeness (QED) is 0.874. The van der Waals surface area contributed by atoms with Gasteiger partial charge in [-0.15, -0.1) is 0 Å². The van der Waals surface area contributed by atoms with Gasteiger partial charge in [0.1, 0.15) is 0 Å². The molecule has 1 amide bonds. The molecule has 20 heavy (non-hydrogen) atoms. The van der Waals surface area contributed by atoms with Crippen molar-refractivity contribution in [2.24, 2.45) is 5.73 Å². The summed E-state index contributed by atoms with van der Waals surface area (Å²) < 4.78 is 0. The molecule has 5 nitrogen and oxygen atoms in total. The van der Waals surface area contributed by atoms with E-state index in [0.717, 1.165) is 23.4 Å². The van der Waals surface area contributed by atoms with Gasteiger partial charge in [0.2, 0.25) is 0 Å². The van der Waals surface area contributed by atoms with Crippen LogP contribution in [0.3, 0.4) is 0 Å². The highest BCUT2D eigenvalue weighted by Crippen LogP contribution is 2.19. The van der Waals surface area contributed by atoms with E-state index in [4.69, 9.17) is 5.73 Å². The van der Waals surface area contributed by atoms with Crippen LogP contribution in [0.4, 0.5) is 5.69 Å². The third kappa shape index (κ3) is 3.05. The lowest BCUT2D eigenvalue weighted by molar-refractivity contribution is 0.0986. The number of benzene rings is 1. The molecule has 0 atom stereocenters. The van der Waals surface area contributed by atoms with E-state index in [2.05, 4.69) is 10.2 Å². The number of nitrogens with two attached hydrogens (primary N) is 1. The van der Waals surface area contributed by atoms with E-state index in [9.17, 15) is 4.79 Å². The van der Waals surface area contributed by atoms with Crippen molar-refractivity contribution in [3.63, 3.8) is 0 Å². The van der Waals surface area contributed by atoms with Crippen LogP contribution in [0.2, 0.25) is 0 Å². The summed E-state index contributed by atoms with van der Waals surface area (Å²) in [6.07, 6.45) is 2.33. The van der Waals surface area contributed by atoms with Gasteiger partial charge in [0.05, 0.1) is 11.8 Å². The van der Waals surface area contributed by atoms with Crippen LogP contribution in [-0.2, 0) is 0 Å². The average molecular weight is 272 g/mol. The summed E-state index contributed by atoms with van der Waals surface area (Å²) >= 11 is 0. The Morgan fingerprint density at radius 2 is 2.20 bits per heavy atom. The van der Waals surface area contributed by atoms with Crippen LogP contribution in [0.25, 0.3) is 0 Å². The van der Waals surface area contributed by atoms with Crippen molar-refractivity contribution in [2.75, 3.05) is 18.0 Å². The zero-order chi connectivity index (χ0) is 14.5. The Labute approximate surface area is 118 Å². The van der Waals surface area contributed by atoms with Gasteiger partial charge < -0.3 is 10.6 Å². The number of carbonyl (C=O) groups is 1. The Morgan fingerprint density at radius 1 is 1.40 bits per heavy atom. The number of nitrogens with one attached hydrogen (secondary N) is 1. The van der Waals surface area contributed by atoms with Crippen molar-refractivity contribution in [2.45, 2.75) is 20.3 Å². The standard InChI is InChI=1S/C15H20N4O/c1-11-5-3-6-13(9-11)19(8-4-7-16)15(20)14-10-17-18-12(14)2/h3,5-6,9-10H,4,7-8,16H2,1-2H3,(H,17,18). The van der Waals surface area contributed by atoms with Crippen molar-refractivity contribution in [1.82, 2.24) is 10.2 Å². The Hall–Kier alpha value is -2.14. The van der Waals surface area contributed by atoms with Gasteiger partial charge in [-0.3, -0.25) is 9.89 Å². The first kappa shape index (κ1) is 14.3. The van der Waals surface area contributed by atoms with Gasteiger partial charge in [-0.25, -0.2) is 0 Å². The zero-order valence-electron chi connectivity index (χ0n) is 11.9. The first-order valence-corrected chi connectivity index (χ1v) is 6.72. The summed E-state index contributed by atoms with van der Waals surface area (Å²) in [5, 5.41) is 6.72. The lowest BCUT2D eigenvalue weighted by atomic mass is 10.1. The summed E-state index contributed by atoms with van der Waals surface area (Å²) in [7, 11) is 0. The van der Waals surface area contributed by atoms with E-state index in [1.54, 1.807) is 11.1 Å². The number of rotatable bonds is 5. The Balaban J connectivity index is 2.32. The number of amides is 1. The number of hydrogen-bond donors (Lipinski definition) is 2. The van der Waals surface area contributed by atoms with E-state index in [0.29, 0.717) is 18.7 Å². The lowest BCUT2D eigenvalue weighted by Crippen LogP contribution is -2.33. The molecule has 3 N–H and O–H groups in total. The minimum Gasteiger partial charge on any atom is -0.330 e. The van der Waals surface area contributed by atoms with Gasteiger partial charge in [0.25, 0.3) is 5.91 Å². The molecule has 0 spiro atoms. The molecule has 0 fully saturated rings. The molecular formula is C15H20N4O. The Bertz CT molecular complexity index is 591. The Morgan fingerprint density at radius 3 is 2.80 bits per heavy atom. The van der Waals surface area contributed by atoms with Crippen molar-refractivity contribution < 1.29 is 4.79 Å². The number of aromatic amines is 1. The van der Waals surface area contributed by atoms with Crippen molar-refractivity contribution in [1.29, 1.82) is 0 Å². The molecule has 0 unspecified atom stereocenters. The molecule has 0 saturated carbocycles. The van der Waals surface area contributed by atoms with Gasteiger partial charge in [-0.05, 0) is 44.5 Å². The van der Waals surface area contributed by atoms with Crippen LogP contribution in [0.5, 0.6) is 0 Å². The van der Waals surface area contributed by atoms with E-state index in [1.165, 1.54) is 0 Å². The van der Waals surface area contributed by atoms with Gasteiger partial charge in [-0.2, -0.15) is 5.10 Å². The summed E-state index contributed by atoms with van der Waals surface area (Å²) in [4.78, 5) is 14.4. The fourth-order valence-electron chi connectivity index (χ4n) is 2.10. The van der Waals surface area contributed by atoms with Gasteiger partial charge in [-0.1, -0.05) is 12.1 Å². The number of aromatic nitrogens is 2. The summed E-state index contributed by atoms with van der Waals surface area (Å²) in [5.74, 6) is -0.0460. The molecule has 2 aromatic rings. The highest BCUT2D eigenvalue weighted by Gasteiger charge is 2.20. The van der Waals surface area contributed by atoms with E-state index in [1.807, 2.05) is 38.1 Å². The number of H-pyrrole nitrogens is 1. The lowest BCUT2D eigenvalue weighted by Gasteiger charge is -2.23. The SMILES string of the molecule is Cc1cccc(N(CCCN)C(=O)c2cn[nH]c2C)c1. The van der Waals surface area contributed by atoms with E-state index in [-0.39, 0.29) is 5.91 Å². The molecule has 106 valence electrons. The second-order valence-electron chi connectivity index (χ2n) is 4.85. The molecule has 2 rings (SSSR count). The zero-order valence-corrected chi connectivity index (χ0v) is 11.9. The summed E-state index contributed by atoms with van der Waals surface area (Å²) in [6, 6.07) is 7.91. The fraction of sp³-hybridized carbons (Fsp3) is 0.333. The first-order chi connectivity index (χ1) is 9.63. The molecule has 1 aromatic heterocycles. The van der Waals surface area contributed by atoms with Crippen LogP contribution in [0.15, 0.2) is 30.5 Å². The van der Waals surface area contributed by atoms with Crippen LogP contribution in [0, 0.1) is 13.8 Å². The third-order valence-electron chi connectivity index (χ3n) is 3.20. The maximum Gasteiger partial charge on any atom is 0.261 e. The van der Waals surface area contributed by atoms with E-state index >= 15 is 0 Å². The third-order valence-corrected chi connectivity index (χ3v) is 3.20. The van der Waals surface area contributed by atoms with Crippen LogP contribution >= 0.6 is 0 Å². The summed E-state index contributed by atoms with van der Waals surface area (Å²) in [5.41, 5.74) is 8.97. The van der Waals surface area contributed by atoms with Crippen molar-refractivity contribution >= 4 is 11.6 Å². The molecule has 0 saturated heterocycles. The minimum atomic E-state index is -0.0460. The Kier molecular flexibility index (Phi) is 4.53. The van der Waals surface area contributed by atoms with Gasteiger partial charge in [0, 0.05) is 17.9 Å². The van der Waals surface area contributed by atoms with Crippen LogP contribution in [-0.4, -0.2) is 29.2 Å². The van der Waals surface area contributed by atoms with Crippen LogP contribution < -0.4 is 10.6 Å². The fourth-order valence-corrected chi connectivity index (χ4v) is 2.10. The topological polar surface area (TPSA) is 75.0 Å². The normalized spacial score (nSPS) is 10.6. The predicted octanol–water partition coefficient (Wildman–Crippen LogP) is 2.02. The van der Waals surface area contributed by atoms with E-state index < -0.39 is 0 Å². The maximum atomic E-state index is 12.7. The smallest absolute Gasteiger partial charge is 0.261 e. The summed E-state index contributed by atoms with van der Waals surface area (Å²) in [6.45, 7) is 5.01. The molecule has 0 aliphatic rings. The molecule has 1 aromatic carbocycles. The first-order valence-electron chi connectivity index (χ1n) is 6.72. The molecular weight excluding hydrogens is 252 g/mol. The predicted molar refractivity (Wildman–Crippen MR) is 79.9 cm³/mol. The highest BCUT2D eigenvalue weighted by molar-refractivity contribution is 6.06. The van der Waals surface area contributed by atoms with Crippen LogP contribution in [0.1, 0.15) is 28.0 Å². The second kappa shape index (κ2) is 6.34. The second-order valence-corrected chi connectivity index (χ2v) is 4.85. The number of anilines is 1. The minimum absolute atomic E-state index is 0.0460. The van der Waals surface area contributed by atoms with Gasteiger partial charge >= 0.3 is 0 Å². The number of carbonyl (C=O) groups excluding carboxylic acids is 1. The van der Waals surface area contributed by atoms with Crippen molar-refractivity contribution in [3.05, 3.63) is 47.3 Å². The number of hydrogen-bond acceptors (Lipinski definition) is 3. The maximum absolute atomic E-state index is 12.7. The van der Waals surface area contributed by atoms with Gasteiger partial charge in [0.15, 0.2) is 0 Å². The average Bonchev–Trinajstić information content (AvgIpc) is 2.85. The number of nitrogens with zero attached hydrogens (tertiary/aromatic N) is 2. The largest absolute Gasteiger partial charge is 0.330 e. The highest BCUT2D eigenvalue weighted by atomic mass is 16.2. The molecule has 0 aliphatic carbocycles. The monoisotopic (exact) mass is 272 g/mol. The van der Waals surface area contributed by atoms with Crippen molar-refractivity contribution in [3.8, 4) is 0 Å². The molecule has 5 heteroatoms. The molecule has 0 radical (unpaired) electrons. The molecule has 0 bridgehead atoms. The molecule has 0 aliphatic heterocycles. The number of aryl methyl sites for hydroxylation is 2.